The molecule has 7 heteroatoms. The monoisotopic (exact) mass is 401 g/mol. The van der Waals surface area contributed by atoms with Crippen LogP contribution in [-0.2, 0) is 13.1 Å². The van der Waals surface area contributed by atoms with Crippen LogP contribution < -0.4 is 5.32 Å². The summed E-state index contributed by atoms with van der Waals surface area (Å²) in [4.78, 5) is 17.1. The van der Waals surface area contributed by atoms with Crippen LogP contribution in [0.4, 0.5) is 0 Å². The van der Waals surface area contributed by atoms with Crippen LogP contribution in [0.5, 0.6) is 0 Å². The van der Waals surface area contributed by atoms with Crippen LogP contribution in [0.2, 0.25) is 0 Å². The Labute approximate surface area is 174 Å². The number of rotatable bonds is 6. The topological polar surface area (TPSA) is 85.8 Å². The first-order valence-electron chi connectivity index (χ1n) is 9.77. The van der Waals surface area contributed by atoms with E-state index in [0.717, 1.165) is 22.6 Å². The zero-order valence-electron chi connectivity index (χ0n) is 17.2. The molecule has 0 fully saturated rings. The van der Waals surface area contributed by atoms with Crippen LogP contribution in [0.25, 0.3) is 11.5 Å². The second-order valence-electron chi connectivity index (χ2n) is 7.24. The first-order chi connectivity index (χ1) is 14.5. The Morgan fingerprint density at radius 3 is 2.50 bits per heavy atom. The van der Waals surface area contributed by atoms with Gasteiger partial charge in [0.05, 0.1) is 12.2 Å². The SMILES string of the molecule is Cc1ccc(-c2nc(Cn3nnc(C(=O)NCc4ccccc4)c3C)c(C)o2)cc1. The lowest BCUT2D eigenvalue weighted by atomic mass is 10.1. The number of amides is 1. The summed E-state index contributed by atoms with van der Waals surface area (Å²) in [5.74, 6) is 1.04. The van der Waals surface area contributed by atoms with Crippen molar-refractivity contribution in [2.45, 2.75) is 33.9 Å². The Morgan fingerprint density at radius 1 is 1.03 bits per heavy atom. The molecule has 0 aliphatic rings. The van der Waals surface area contributed by atoms with Crippen LogP contribution in [0.15, 0.2) is 59.0 Å². The van der Waals surface area contributed by atoms with E-state index in [-0.39, 0.29) is 5.91 Å². The average Bonchev–Trinajstić information content (AvgIpc) is 3.30. The van der Waals surface area contributed by atoms with E-state index in [4.69, 9.17) is 4.42 Å². The third-order valence-electron chi connectivity index (χ3n) is 4.98. The van der Waals surface area contributed by atoms with Gasteiger partial charge in [0.2, 0.25) is 5.89 Å². The molecule has 0 spiro atoms. The lowest BCUT2D eigenvalue weighted by Gasteiger charge is -2.04. The van der Waals surface area contributed by atoms with Gasteiger partial charge >= 0.3 is 0 Å². The number of carbonyl (C=O) groups excluding carboxylic acids is 1. The molecule has 2 aromatic carbocycles. The molecule has 0 saturated heterocycles. The largest absolute Gasteiger partial charge is 0.441 e. The summed E-state index contributed by atoms with van der Waals surface area (Å²) in [6.07, 6.45) is 0. The normalized spacial score (nSPS) is 10.9. The zero-order chi connectivity index (χ0) is 21.1. The highest BCUT2D eigenvalue weighted by Crippen LogP contribution is 2.23. The molecule has 0 aliphatic carbocycles. The molecule has 2 aromatic heterocycles. The highest BCUT2D eigenvalue weighted by molar-refractivity contribution is 5.93. The van der Waals surface area contributed by atoms with E-state index in [0.29, 0.717) is 30.4 Å². The average molecular weight is 401 g/mol. The quantitative estimate of drug-likeness (QED) is 0.531. The highest BCUT2D eigenvalue weighted by Gasteiger charge is 2.19. The van der Waals surface area contributed by atoms with Gasteiger partial charge in [0.1, 0.15) is 11.5 Å². The Balaban J connectivity index is 1.48. The van der Waals surface area contributed by atoms with E-state index in [1.54, 1.807) is 4.68 Å². The van der Waals surface area contributed by atoms with Crippen LogP contribution in [0.3, 0.4) is 0 Å². The fourth-order valence-corrected chi connectivity index (χ4v) is 3.12. The predicted octanol–water partition coefficient (Wildman–Crippen LogP) is 3.84. The Bertz CT molecular complexity index is 1160. The van der Waals surface area contributed by atoms with Crippen LogP contribution in [0, 0.1) is 20.8 Å². The summed E-state index contributed by atoms with van der Waals surface area (Å²) in [5, 5.41) is 11.1. The number of oxazole rings is 1. The van der Waals surface area contributed by atoms with Crippen LogP contribution in [0.1, 0.15) is 38.8 Å². The van der Waals surface area contributed by atoms with Crippen molar-refractivity contribution in [3.63, 3.8) is 0 Å². The number of nitrogens with one attached hydrogen (secondary N) is 1. The van der Waals surface area contributed by atoms with Gasteiger partial charge in [-0.05, 0) is 38.5 Å². The van der Waals surface area contributed by atoms with Crippen molar-refractivity contribution in [1.82, 2.24) is 25.3 Å². The van der Waals surface area contributed by atoms with Gasteiger partial charge in [-0.15, -0.1) is 5.10 Å². The van der Waals surface area contributed by atoms with E-state index < -0.39 is 0 Å². The smallest absolute Gasteiger partial charge is 0.274 e. The van der Waals surface area contributed by atoms with Gasteiger partial charge in [-0.1, -0.05) is 53.2 Å². The van der Waals surface area contributed by atoms with Crippen LogP contribution in [-0.4, -0.2) is 25.9 Å². The second kappa shape index (κ2) is 8.32. The summed E-state index contributed by atoms with van der Waals surface area (Å²) < 4.78 is 7.51. The number of hydrogen-bond donors (Lipinski definition) is 1. The van der Waals surface area contributed by atoms with Crippen molar-refractivity contribution < 1.29 is 9.21 Å². The number of aryl methyl sites for hydroxylation is 2. The molecular weight excluding hydrogens is 378 g/mol. The number of hydrogen-bond acceptors (Lipinski definition) is 5. The highest BCUT2D eigenvalue weighted by atomic mass is 16.4. The van der Waals surface area contributed by atoms with E-state index >= 15 is 0 Å². The van der Waals surface area contributed by atoms with Gasteiger partial charge in [0, 0.05) is 12.1 Å². The molecule has 0 radical (unpaired) electrons. The van der Waals surface area contributed by atoms with E-state index in [9.17, 15) is 4.79 Å². The Kier molecular flexibility index (Phi) is 5.43. The molecule has 0 aliphatic heterocycles. The van der Waals surface area contributed by atoms with Gasteiger partial charge < -0.3 is 9.73 Å². The molecule has 1 N–H and O–H groups in total. The van der Waals surface area contributed by atoms with Crippen LogP contribution >= 0.6 is 0 Å². The minimum absolute atomic E-state index is 0.250. The molecule has 30 heavy (non-hydrogen) atoms. The molecular formula is C23H23N5O2. The maximum atomic E-state index is 12.5. The number of nitrogens with zero attached hydrogens (tertiary/aromatic N) is 4. The van der Waals surface area contributed by atoms with Gasteiger partial charge in [0.25, 0.3) is 5.91 Å². The summed E-state index contributed by atoms with van der Waals surface area (Å²) >= 11 is 0. The predicted molar refractivity (Wildman–Crippen MR) is 113 cm³/mol. The summed E-state index contributed by atoms with van der Waals surface area (Å²) in [5.41, 5.74) is 4.88. The standard InChI is InChI=1S/C23H23N5O2/c1-15-9-11-19(12-10-15)23-25-20(17(3)30-23)14-28-16(2)21(26-27-28)22(29)24-13-18-7-5-4-6-8-18/h4-12H,13-14H2,1-3H3,(H,24,29). The number of aromatic nitrogens is 4. The molecule has 0 saturated carbocycles. The third kappa shape index (κ3) is 4.15. The third-order valence-corrected chi connectivity index (χ3v) is 4.98. The van der Waals surface area contributed by atoms with Gasteiger partial charge in [0.15, 0.2) is 5.69 Å². The van der Waals surface area contributed by atoms with Crippen molar-refractivity contribution in [2.75, 3.05) is 0 Å². The van der Waals surface area contributed by atoms with Crippen molar-refractivity contribution in [1.29, 1.82) is 0 Å². The van der Waals surface area contributed by atoms with E-state index in [1.165, 1.54) is 5.56 Å². The summed E-state index contributed by atoms with van der Waals surface area (Å²) in [6, 6.07) is 17.8. The minimum atomic E-state index is -0.250. The maximum absolute atomic E-state index is 12.5. The molecule has 4 aromatic rings. The number of carbonyl (C=O) groups is 1. The summed E-state index contributed by atoms with van der Waals surface area (Å²) in [7, 11) is 0. The van der Waals surface area contributed by atoms with Gasteiger partial charge in [-0.2, -0.15) is 0 Å². The van der Waals surface area contributed by atoms with Crippen molar-refractivity contribution in [2.24, 2.45) is 0 Å². The first kappa shape index (κ1) is 19.6. The first-order valence-corrected chi connectivity index (χ1v) is 9.77. The second-order valence-corrected chi connectivity index (χ2v) is 7.24. The van der Waals surface area contributed by atoms with Gasteiger partial charge in [-0.25, -0.2) is 9.67 Å². The molecule has 2 heterocycles. The zero-order valence-corrected chi connectivity index (χ0v) is 17.2. The fraction of sp³-hybridized carbons (Fsp3) is 0.217. The van der Waals surface area contributed by atoms with E-state index in [1.807, 2.05) is 75.4 Å². The molecule has 0 bridgehead atoms. The molecule has 7 nitrogen and oxygen atoms in total. The lowest BCUT2D eigenvalue weighted by Crippen LogP contribution is -2.24. The Morgan fingerprint density at radius 2 is 1.77 bits per heavy atom. The molecule has 0 atom stereocenters. The number of benzene rings is 2. The van der Waals surface area contributed by atoms with Crippen molar-refractivity contribution >= 4 is 5.91 Å². The molecule has 0 unspecified atom stereocenters. The van der Waals surface area contributed by atoms with Gasteiger partial charge in [-0.3, -0.25) is 4.79 Å². The minimum Gasteiger partial charge on any atom is -0.441 e. The Hall–Kier alpha value is -3.74. The molecule has 4 rings (SSSR count). The van der Waals surface area contributed by atoms with E-state index in [2.05, 4.69) is 20.6 Å². The molecule has 152 valence electrons. The lowest BCUT2D eigenvalue weighted by molar-refractivity contribution is 0.0945. The van der Waals surface area contributed by atoms with Crippen molar-refractivity contribution in [3.05, 3.63) is 88.6 Å². The maximum Gasteiger partial charge on any atom is 0.274 e. The van der Waals surface area contributed by atoms with Crippen molar-refractivity contribution in [3.8, 4) is 11.5 Å². The summed E-state index contributed by atoms with van der Waals surface area (Å²) in [6.45, 7) is 6.56. The molecule has 1 amide bonds. The fourth-order valence-electron chi connectivity index (χ4n) is 3.12.